The van der Waals surface area contributed by atoms with Crippen LogP contribution in [0.15, 0.2) is 60.7 Å². The van der Waals surface area contributed by atoms with E-state index in [1.807, 2.05) is 50.2 Å². The van der Waals surface area contributed by atoms with Crippen LogP contribution in [0, 0.1) is 5.92 Å². The molecule has 0 spiro atoms. The minimum atomic E-state index is -0.773. The van der Waals surface area contributed by atoms with E-state index in [1.54, 1.807) is 24.3 Å². The van der Waals surface area contributed by atoms with Crippen molar-refractivity contribution >= 4 is 12.1 Å². The van der Waals surface area contributed by atoms with E-state index in [4.69, 9.17) is 9.47 Å². The van der Waals surface area contributed by atoms with Crippen LogP contribution in [-0.4, -0.2) is 18.1 Å². The summed E-state index contributed by atoms with van der Waals surface area (Å²) < 4.78 is 10.4. The number of hydrogen-bond donors (Lipinski definition) is 1. The first-order valence-corrected chi connectivity index (χ1v) is 7.80. The Labute approximate surface area is 141 Å². The first kappa shape index (κ1) is 17.5. The van der Waals surface area contributed by atoms with Gasteiger partial charge in [0.2, 0.25) is 0 Å². The summed E-state index contributed by atoms with van der Waals surface area (Å²) in [7, 11) is 0. The highest BCUT2D eigenvalue weighted by atomic mass is 16.6. The Hall–Kier alpha value is -2.82. The lowest BCUT2D eigenvalue weighted by Gasteiger charge is -2.20. The van der Waals surface area contributed by atoms with E-state index in [1.165, 1.54) is 0 Å². The molecule has 2 rings (SSSR count). The van der Waals surface area contributed by atoms with Crippen molar-refractivity contribution in [3.05, 3.63) is 66.2 Å². The zero-order valence-corrected chi connectivity index (χ0v) is 13.8. The predicted molar refractivity (Wildman–Crippen MR) is 90.5 cm³/mol. The minimum Gasteiger partial charge on any atom is -0.459 e. The lowest BCUT2D eigenvalue weighted by molar-refractivity contribution is -0.148. The molecule has 0 fully saturated rings. The third-order valence-electron chi connectivity index (χ3n) is 3.37. The van der Waals surface area contributed by atoms with E-state index in [0.29, 0.717) is 5.75 Å². The molecule has 5 heteroatoms. The number of carbonyl (C=O) groups excluding carboxylic acids is 2. The van der Waals surface area contributed by atoms with Gasteiger partial charge in [-0.15, -0.1) is 0 Å². The van der Waals surface area contributed by atoms with Gasteiger partial charge in [-0.1, -0.05) is 62.4 Å². The van der Waals surface area contributed by atoms with Crippen molar-refractivity contribution in [2.45, 2.75) is 26.5 Å². The van der Waals surface area contributed by atoms with Crippen LogP contribution in [0.2, 0.25) is 0 Å². The van der Waals surface area contributed by atoms with Crippen molar-refractivity contribution in [3.63, 3.8) is 0 Å². The van der Waals surface area contributed by atoms with Gasteiger partial charge < -0.3 is 14.8 Å². The van der Waals surface area contributed by atoms with Gasteiger partial charge in [0, 0.05) is 0 Å². The summed E-state index contributed by atoms with van der Waals surface area (Å²) in [6, 6.07) is 17.3. The van der Waals surface area contributed by atoms with E-state index < -0.39 is 18.1 Å². The number of ether oxygens (including phenoxy) is 2. The average Bonchev–Trinajstić information content (AvgIpc) is 2.59. The van der Waals surface area contributed by atoms with Crippen LogP contribution < -0.4 is 10.1 Å². The second kappa shape index (κ2) is 8.72. The average molecular weight is 327 g/mol. The molecule has 0 aromatic heterocycles. The molecule has 0 aliphatic rings. The van der Waals surface area contributed by atoms with Crippen LogP contribution in [0.1, 0.15) is 19.4 Å². The number of nitrogens with one attached hydrogen (secondary N) is 1. The normalized spacial score (nSPS) is 11.6. The fourth-order valence-electron chi connectivity index (χ4n) is 2.07. The van der Waals surface area contributed by atoms with E-state index in [-0.39, 0.29) is 12.5 Å². The van der Waals surface area contributed by atoms with Gasteiger partial charge in [-0.3, -0.25) is 0 Å². The number of esters is 1. The third kappa shape index (κ3) is 5.43. The van der Waals surface area contributed by atoms with Crippen molar-refractivity contribution in [1.82, 2.24) is 5.32 Å². The van der Waals surface area contributed by atoms with Gasteiger partial charge in [-0.25, -0.2) is 9.59 Å². The molecule has 0 unspecified atom stereocenters. The van der Waals surface area contributed by atoms with Crippen molar-refractivity contribution in [1.29, 1.82) is 0 Å². The first-order chi connectivity index (χ1) is 11.6. The van der Waals surface area contributed by atoms with E-state index in [9.17, 15) is 9.59 Å². The summed E-state index contributed by atoms with van der Waals surface area (Å²) in [5, 5.41) is 2.57. The Morgan fingerprint density at radius 1 is 0.958 bits per heavy atom. The maximum Gasteiger partial charge on any atom is 0.413 e. The molecule has 2 aromatic rings. The van der Waals surface area contributed by atoms with Gasteiger partial charge in [0.25, 0.3) is 0 Å². The molecule has 1 N–H and O–H groups in total. The lowest BCUT2D eigenvalue weighted by atomic mass is 10.1. The zero-order valence-electron chi connectivity index (χ0n) is 13.8. The molecule has 1 amide bonds. The number of rotatable bonds is 6. The molecule has 2 aromatic carbocycles. The van der Waals surface area contributed by atoms with E-state index in [0.717, 1.165) is 5.56 Å². The second-order valence-electron chi connectivity index (χ2n) is 5.66. The van der Waals surface area contributed by atoms with Crippen LogP contribution in [0.4, 0.5) is 4.79 Å². The van der Waals surface area contributed by atoms with Crippen LogP contribution in [0.3, 0.4) is 0 Å². The van der Waals surface area contributed by atoms with E-state index >= 15 is 0 Å². The molecule has 1 atom stereocenters. The van der Waals surface area contributed by atoms with Crippen LogP contribution >= 0.6 is 0 Å². The van der Waals surface area contributed by atoms with Gasteiger partial charge in [0.1, 0.15) is 18.4 Å². The molecule has 126 valence electrons. The van der Waals surface area contributed by atoms with Crippen LogP contribution in [0.5, 0.6) is 5.75 Å². The zero-order chi connectivity index (χ0) is 17.4. The number of carbonyl (C=O) groups is 2. The maximum absolute atomic E-state index is 12.3. The lowest BCUT2D eigenvalue weighted by Crippen LogP contribution is -2.46. The smallest absolute Gasteiger partial charge is 0.413 e. The maximum atomic E-state index is 12.3. The highest BCUT2D eigenvalue weighted by molar-refractivity contribution is 5.82. The third-order valence-corrected chi connectivity index (χ3v) is 3.37. The summed E-state index contributed by atoms with van der Waals surface area (Å²) >= 11 is 0. The molecule has 0 heterocycles. The second-order valence-corrected chi connectivity index (χ2v) is 5.66. The van der Waals surface area contributed by atoms with Gasteiger partial charge in [0.05, 0.1) is 0 Å². The number of amides is 1. The summed E-state index contributed by atoms with van der Waals surface area (Å²) in [6.07, 6.45) is -0.684. The Morgan fingerprint density at radius 3 is 2.12 bits per heavy atom. The molecule has 0 saturated carbocycles. The summed E-state index contributed by atoms with van der Waals surface area (Å²) in [6.45, 7) is 3.83. The topological polar surface area (TPSA) is 64.6 Å². The highest BCUT2D eigenvalue weighted by Crippen LogP contribution is 2.11. The van der Waals surface area contributed by atoms with Crippen molar-refractivity contribution < 1.29 is 19.1 Å². The molecule has 5 nitrogen and oxygen atoms in total. The predicted octanol–water partition coefficient (Wildman–Crippen LogP) is 3.54. The Morgan fingerprint density at radius 2 is 1.54 bits per heavy atom. The van der Waals surface area contributed by atoms with E-state index in [2.05, 4.69) is 5.32 Å². The monoisotopic (exact) mass is 327 g/mol. The van der Waals surface area contributed by atoms with Crippen molar-refractivity contribution in [3.8, 4) is 5.75 Å². The Kier molecular flexibility index (Phi) is 6.37. The Bertz CT molecular complexity index is 656. The molecule has 0 aliphatic carbocycles. The molecule has 0 bridgehead atoms. The van der Waals surface area contributed by atoms with Crippen LogP contribution in [-0.2, 0) is 16.1 Å². The van der Waals surface area contributed by atoms with Gasteiger partial charge in [-0.2, -0.15) is 0 Å². The summed E-state index contributed by atoms with van der Waals surface area (Å²) in [5.41, 5.74) is 0.889. The fourth-order valence-corrected chi connectivity index (χ4v) is 2.07. The SMILES string of the molecule is CC(C)[C@H](NC(=O)Oc1ccccc1)C(=O)OCc1ccccc1. The number of para-hydroxylation sites is 1. The van der Waals surface area contributed by atoms with Gasteiger partial charge in [0.15, 0.2) is 0 Å². The van der Waals surface area contributed by atoms with Crippen molar-refractivity contribution in [2.75, 3.05) is 0 Å². The molecule has 0 saturated heterocycles. The molecule has 0 radical (unpaired) electrons. The largest absolute Gasteiger partial charge is 0.459 e. The first-order valence-electron chi connectivity index (χ1n) is 7.80. The minimum absolute atomic E-state index is 0.128. The highest BCUT2D eigenvalue weighted by Gasteiger charge is 2.26. The fraction of sp³-hybridized carbons (Fsp3) is 0.263. The van der Waals surface area contributed by atoms with Crippen LogP contribution in [0.25, 0.3) is 0 Å². The summed E-state index contributed by atoms with van der Waals surface area (Å²) in [5.74, 6) is -0.203. The summed E-state index contributed by atoms with van der Waals surface area (Å²) in [4.78, 5) is 24.2. The van der Waals surface area contributed by atoms with Gasteiger partial charge >= 0.3 is 12.1 Å². The quantitative estimate of drug-likeness (QED) is 0.824. The number of hydrogen-bond acceptors (Lipinski definition) is 4. The molecule has 0 aliphatic heterocycles. The molecular weight excluding hydrogens is 306 g/mol. The number of benzene rings is 2. The Balaban J connectivity index is 1.90. The standard InChI is InChI=1S/C19H21NO4/c1-14(2)17(18(21)23-13-15-9-5-3-6-10-15)20-19(22)24-16-11-7-4-8-12-16/h3-12,14,17H,13H2,1-2H3,(H,20,22)/t17-/m0/s1. The van der Waals surface area contributed by atoms with Crippen molar-refractivity contribution in [2.24, 2.45) is 5.92 Å². The molecule has 24 heavy (non-hydrogen) atoms. The van der Waals surface area contributed by atoms with Gasteiger partial charge in [-0.05, 0) is 23.6 Å². The molecular formula is C19H21NO4.